The number of hydrogen-bond donors (Lipinski definition) is 1. The highest BCUT2D eigenvalue weighted by Gasteiger charge is 2.21. The summed E-state index contributed by atoms with van der Waals surface area (Å²) in [5.41, 5.74) is 1.10. The van der Waals surface area contributed by atoms with Gasteiger partial charge in [0.05, 0.1) is 0 Å². The Morgan fingerprint density at radius 2 is 2.06 bits per heavy atom. The smallest absolute Gasteiger partial charge is 0.252 e. The summed E-state index contributed by atoms with van der Waals surface area (Å²) in [7, 11) is 0. The van der Waals surface area contributed by atoms with E-state index in [9.17, 15) is 4.79 Å². The van der Waals surface area contributed by atoms with Crippen molar-refractivity contribution in [2.24, 2.45) is 0 Å². The Balaban J connectivity index is 2.87. The van der Waals surface area contributed by atoms with E-state index in [-0.39, 0.29) is 11.4 Å². The molecule has 1 aromatic carbocycles. The lowest BCUT2D eigenvalue weighted by molar-refractivity contribution is 0.0911. The number of rotatable bonds is 4. The van der Waals surface area contributed by atoms with E-state index in [4.69, 9.17) is 23.2 Å². The first-order valence-electron chi connectivity index (χ1n) is 5.51. The van der Waals surface area contributed by atoms with Crippen LogP contribution in [0.25, 0.3) is 0 Å². The fourth-order valence-electron chi connectivity index (χ4n) is 1.53. The van der Waals surface area contributed by atoms with Crippen molar-refractivity contribution in [2.75, 3.05) is 5.88 Å². The van der Waals surface area contributed by atoms with Crippen LogP contribution in [0.4, 0.5) is 0 Å². The number of amides is 1. The van der Waals surface area contributed by atoms with Gasteiger partial charge in [0.25, 0.3) is 5.91 Å². The summed E-state index contributed by atoms with van der Waals surface area (Å²) in [6.45, 7) is 5.74. The molecular formula is C13H17Cl2NO. The van der Waals surface area contributed by atoms with Gasteiger partial charge >= 0.3 is 0 Å². The van der Waals surface area contributed by atoms with Gasteiger partial charge in [-0.3, -0.25) is 4.79 Å². The van der Waals surface area contributed by atoms with Gasteiger partial charge in [-0.15, -0.1) is 11.6 Å². The normalized spacial score (nSPS) is 11.4. The molecule has 0 aliphatic heterocycles. The Bertz CT molecular complexity index is 416. The van der Waals surface area contributed by atoms with Crippen LogP contribution >= 0.6 is 23.2 Å². The summed E-state index contributed by atoms with van der Waals surface area (Å²) in [6, 6.07) is 5.32. The molecule has 0 radical (unpaired) electrons. The van der Waals surface area contributed by atoms with Crippen LogP contribution in [0.15, 0.2) is 18.2 Å². The zero-order chi connectivity index (χ0) is 13.1. The molecule has 1 amide bonds. The van der Waals surface area contributed by atoms with Gasteiger partial charge in [0, 0.05) is 22.0 Å². The molecule has 1 N–H and O–H groups in total. The fourth-order valence-corrected chi connectivity index (χ4v) is 2.17. The van der Waals surface area contributed by atoms with Crippen molar-refractivity contribution in [1.82, 2.24) is 5.32 Å². The maximum Gasteiger partial charge on any atom is 0.252 e. The minimum absolute atomic E-state index is 0.111. The summed E-state index contributed by atoms with van der Waals surface area (Å²) < 4.78 is 0. The van der Waals surface area contributed by atoms with Crippen LogP contribution < -0.4 is 5.32 Å². The summed E-state index contributed by atoms with van der Waals surface area (Å²) in [4.78, 5) is 12.1. The van der Waals surface area contributed by atoms with E-state index in [1.165, 1.54) is 0 Å². The molecule has 0 fully saturated rings. The van der Waals surface area contributed by atoms with Crippen molar-refractivity contribution in [3.63, 3.8) is 0 Å². The quantitative estimate of drug-likeness (QED) is 0.832. The van der Waals surface area contributed by atoms with Crippen LogP contribution in [0.5, 0.6) is 0 Å². The summed E-state index contributed by atoms with van der Waals surface area (Å²) in [5, 5.41) is 3.56. The minimum Gasteiger partial charge on any atom is -0.347 e. The van der Waals surface area contributed by atoms with Crippen molar-refractivity contribution in [3.05, 3.63) is 34.3 Å². The molecular weight excluding hydrogens is 257 g/mol. The van der Waals surface area contributed by atoms with E-state index in [0.29, 0.717) is 16.5 Å². The third-order valence-corrected chi connectivity index (χ3v) is 3.28. The fraction of sp³-hybridized carbons (Fsp3) is 0.462. The zero-order valence-electron chi connectivity index (χ0n) is 10.3. The lowest BCUT2D eigenvalue weighted by Gasteiger charge is -2.25. The highest BCUT2D eigenvalue weighted by molar-refractivity contribution is 6.31. The number of benzene rings is 1. The molecule has 0 unspecified atom stereocenters. The van der Waals surface area contributed by atoms with Gasteiger partial charge in [-0.1, -0.05) is 17.7 Å². The van der Waals surface area contributed by atoms with E-state index in [1.807, 2.05) is 20.8 Å². The summed E-state index contributed by atoms with van der Waals surface area (Å²) >= 11 is 11.7. The summed E-state index contributed by atoms with van der Waals surface area (Å²) in [5.74, 6) is 0.405. The van der Waals surface area contributed by atoms with Crippen LogP contribution in [-0.2, 0) is 0 Å². The van der Waals surface area contributed by atoms with Crippen molar-refractivity contribution < 1.29 is 4.79 Å². The Kier molecular flexibility index (Phi) is 4.84. The van der Waals surface area contributed by atoms with Crippen molar-refractivity contribution in [3.8, 4) is 0 Å². The van der Waals surface area contributed by atoms with Crippen molar-refractivity contribution >= 4 is 29.1 Å². The first-order chi connectivity index (χ1) is 7.87. The highest BCUT2D eigenvalue weighted by atomic mass is 35.5. The van der Waals surface area contributed by atoms with Gasteiger partial charge in [-0.25, -0.2) is 0 Å². The molecule has 0 aliphatic carbocycles. The lowest BCUT2D eigenvalue weighted by Crippen LogP contribution is -2.43. The topological polar surface area (TPSA) is 29.1 Å². The zero-order valence-corrected chi connectivity index (χ0v) is 11.8. The predicted octanol–water partition coefficient (Wildman–Crippen LogP) is 3.79. The van der Waals surface area contributed by atoms with Crippen molar-refractivity contribution in [2.45, 2.75) is 32.7 Å². The van der Waals surface area contributed by atoms with E-state index >= 15 is 0 Å². The molecule has 0 spiro atoms. The van der Waals surface area contributed by atoms with E-state index in [0.717, 1.165) is 12.0 Å². The molecule has 0 heterocycles. The van der Waals surface area contributed by atoms with E-state index in [2.05, 4.69) is 5.32 Å². The maximum atomic E-state index is 12.1. The maximum absolute atomic E-state index is 12.1. The number of carbonyl (C=O) groups excluding carboxylic acids is 1. The molecule has 94 valence electrons. The monoisotopic (exact) mass is 273 g/mol. The molecule has 1 rings (SSSR count). The predicted molar refractivity (Wildman–Crippen MR) is 73.1 cm³/mol. The van der Waals surface area contributed by atoms with Gasteiger partial charge in [0.15, 0.2) is 0 Å². The second kappa shape index (κ2) is 5.74. The van der Waals surface area contributed by atoms with Gasteiger partial charge in [-0.05, 0) is 44.9 Å². The Labute approximate surface area is 112 Å². The SMILES string of the molecule is Cc1c(Cl)cccc1C(=O)NC(C)(C)CCCl. The molecule has 0 aromatic heterocycles. The number of carbonyl (C=O) groups is 1. The molecule has 0 saturated carbocycles. The Hall–Kier alpha value is -0.730. The number of halogens is 2. The van der Waals surface area contributed by atoms with E-state index < -0.39 is 0 Å². The van der Waals surface area contributed by atoms with Gasteiger partial charge in [-0.2, -0.15) is 0 Å². The Morgan fingerprint density at radius 3 is 2.65 bits per heavy atom. The first kappa shape index (κ1) is 14.3. The van der Waals surface area contributed by atoms with Crippen LogP contribution in [-0.4, -0.2) is 17.3 Å². The van der Waals surface area contributed by atoms with Crippen LogP contribution in [0.1, 0.15) is 36.2 Å². The molecule has 0 bridgehead atoms. The lowest BCUT2D eigenvalue weighted by atomic mass is 10.00. The van der Waals surface area contributed by atoms with Gasteiger partial charge in [0.1, 0.15) is 0 Å². The second-order valence-electron chi connectivity index (χ2n) is 4.69. The first-order valence-corrected chi connectivity index (χ1v) is 6.42. The molecule has 1 aromatic rings. The molecule has 0 aliphatic rings. The number of hydrogen-bond acceptors (Lipinski definition) is 1. The average molecular weight is 274 g/mol. The van der Waals surface area contributed by atoms with Gasteiger partial charge in [0.2, 0.25) is 0 Å². The van der Waals surface area contributed by atoms with Gasteiger partial charge < -0.3 is 5.32 Å². The Morgan fingerprint density at radius 1 is 1.41 bits per heavy atom. The minimum atomic E-state index is -0.312. The van der Waals surface area contributed by atoms with E-state index in [1.54, 1.807) is 18.2 Å². The third-order valence-electron chi connectivity index (χ3n) is 2.68. The van der Waals surface area contributed by atoms with Crippen LogP contribution in [0.2, 0.25) is 5.02 Å². The molecule has 2 nitrogen and oxygen atoms in total. The molecule has 0 saturated heterocycles. The highest BCUT2D eigenvalue weighted by Crippen LogP contribution is 2.19. The van der Waals surface area contributed by atoms with Crippen molar-refractivity contribution in [1.29, 1.82) is 0 Å². The molecule has 4 heteroatoms. The average Bonchev–Trinajstić information content (AvgIpc) is 2.21. The largest absolute Gasteiger partial charge is 0.347 e. The second-order valence-corrected chi connectivity index (χ2v) is 5.47. The third kappa shape index (κ3) is 3.90. The number of alkyl halides is 1. The number of nitrogens with one attached hydrogen (secondary N) is 1. The van der Waals surface area contributed by atoms with Crippen LogP contribution in [0, 0.1) is 6.92 Å². The standard InChI is InChI=1S/C13H17Cl2NO/c1-9-10(5-4-6-11(9)15)12(17)16-13(2,3)7-8-14/h4-6H,7-8H2,1-3H3,(H,16,17). The summed E-state index contributed by atoms with van der Waals surface area (Å²) in [6.07, 6.45) is 0.722. The molecule has 17 heavy (non-hydrogen) atoms. The van der Waals surface area contributed by atoms with Crippen LogP contribution in [0.3, 0.4) is 0 Å². The molecule has 0 atom stereocenters.